The first-order valence-corrected chi connectivity index (χ1v) is 8.07. The molecule has 1 aromatic rings. The summed E-state index contributed by atoms with van der Waals surface area (Å²) in [6.45, 7) is 2.40. The summed E-state index contributed by atoms with van der Waals surface area (Å²) in [5.74, 6) is 1.77. The van der Waals surface area contributed by atoms with Crippen LogP contribution in [0.2, 0.25) is 0 Å². The lowest BCUT2D eigenvalue weighted by atomic mass is 9.77. The van der Waals surface area contributed by atoms with E-state index in [4.69, 9.17) is 0 Å². The molecule has 1 aromatic carbocycles. The standard InChI is InChI=1S/C18H27N/c1-13-6-8-15(9-7-13)18(19-2)17-11-10-14-4-3-5-16(14)12-17/h10-13,15,18-19H,3-9H2,1-2H3. The van der Waals surface area contributed by atoms with E-state index in [2.05, 4.69) is 37.5 Å². The maximum absolute atomic E-state index is 3.59. The number of rotatable bonds is 3. The van der Waals surface area contributed by atoms with E-state index in [1.54, 1.807) is 11.1 Å². The first-order valence-electron chi connectivity index (χ1n) is 8.07. The van der Waals surface area contributed by atoms with Gasteiger partial charge in [-0.2, -0.15) is 0 Å². The van der Waals surface area contributed by atoms with E-state index in [1.807, 2.05) is 0 Å². The zero-order valence-electron chi connectivity index (χ0n) is 12.4. The highest BCUT2D eigenvalue weighted by atomic mass is 14.9. The SMILES string of the molecule is CNC(c1ccc2c(c1)CCC2)C1CCC(C)CC1. The average molecular weight is 257 g/mol. The summed E-state index contributed by atoms with van der Waals surface area (Å²) in [6.07, 6.45) is 9.54. The second kappa shape index (κ2) is 5.66. The van der Waals surface area contributed by atoms with E-state index in [9.17, 15) is 0 Å². The third-order valence-electron chi connectivity index (χ3n) is 5.32. The van der Waals surface area contributed by atoms with E-state index in [1.165, 1.54) is 50.5 Å². The van der Waals surface area contributed by atoms with Crippen LogP contribution in [-0.4, -0.2) is 7.05 Å². The molecule has 1 nitrogen and oxygen atoms in total. The van der Waals surface area contributed by atoms with E-state index in [-0.39, 0.29) is 0 Å². The zero-order valence-corrected chi connectivity index (χ0v) is 12.4. The van der Waals surface area contributed by atoms with Gasteiger partial charge in [0, 0.05) is 6.04 Å². The Morgan fingerprint density at radius 1 is 1.05 bits per heavy atom. The van der Waals surface area contributed by atoms with Crippen molar-refractivity contribution in [3.8, 4) is 0 Å². The van der Waals surface area contributed by atoms with Crippen LogP contribution in [0.5, 0.6) is 0 Å². The molecule has 1 unspecified atom stereocenters. The molecule has 2 aliphatic rings. The van der Waals surface area contributed by atoms with Crippen LogP contribution in [0, 0.1) is 11.8 Å². The Bertz CT molecular complexity index is 429. The first-order chi connectivity index (χ1) is 9.28. The van der Waals surface area contributed by atoms with Crippen molar-refractivity contribution in [1.29, 1.82) is 0 Å². The normalized spacial score (nSPS) is 28.1. The van der Waals surface area contributed by atoms with Gasteiger partial charge in [-0.25, -0.2) is 0 Å². The number of hydrogen-bond donors (Lipinski definition) is 1. The molecular weight excluding hydrogens is 230 g/mol. The van der Waals surface area contributed by atoms with Crippen LogP contribution < -0.4 is 5.32 Å². The second-order valence-electron chi connectivity index (χ2n) is 6.67. The van der Waals surface area contributed by atoms with Gasteiger partial charge in [0.1, 0.15) is 0 Å². The van der Waals surface area contributed by atoms with Crippen LogP contribution >= 0.6 is 0 Å². The molecule has 0 spiro atoms. The fourth-order valence-electron chi connectivity index (χ4n) is 4.08. The first kappa shape index (κ1) is 13.2. The van der Waals surface area contributed by atoms with Crippen molar-refractivity contribution in [2.75, 3.05) is 7.05 Å². The van der Waals surface area contributed by atoms with Crippen molar-refractivity contribution >= 4 is 0 Å². The summed E-state index contributed by atoms with van der Waals surface area (Å²) in [7, 11) is 2.13. The van der Waals surface area contributed by atoms with Crippen LogP contribution in [0.15, 0.2) is 18.2 Å². The van der Waals surface area contributed by atoms with Crippen LogP contribution in [0.3, 0.4) is 0 Å². The van der Waals surface area contributed by atoms with Crippen molar-refractivity contribution in [3.05, 3.63) is 34.9 Å². The summed E-state index contributed by atoms with van der Waals surface area (Å²) in [5, 5.41) is 3.59. The van der Waals surface area contributed by atoms with E-state index < -0.39 is 0 Å². The molecule has 19 heavy (non-hydrogen) atoms. The van der Waals surface area contributed by atoms with E-state index >= 15 is 0 Å². The molecule has 0 aromatic heterocycles. The largest absolute Gasteiger partial charge is 0.313 e. The van der Waals surface area contributed by atoms with Crippen LogP contribution in [0.1, 0.15) is 61.8 Å². The molecule has 1 atom stereocenters. The molecule has 1 fully saturated rings. The molecular formula is C18H27N. The summed E-state index contributed by atoms with van der Waals surface area (Å²) < 4.78 is 0. The van der Waals surface area contributed by atoms with Gasteiger partial charge in [0.15, 0.2) is 0 Å². The average Bonchev–Trinajstić information content (AvgIpc) is 2.89. The Morgan fingerprint density at radius 3 is 2.53 bits per heavy atom. The van der Waals surface area contributed by atoms with Gasteiger partial charge in [0.05, 0.1) is 0 Å². The summed E-state index contributed by atoms with van der Waals surface area (Å²) in [5.41, 5.74) is 4.74. The Hall–Kier alpha value is -0.820. The minimum absolute atomic E-state index is 0.568. The van der Waals surface area contributed by atoms with Gasteiger partial charge in [-0.3, -0.25) is 0 Å². The number of hydrogen-bond acceptors (Lipinski definition) is 1. The van der Waals surface area contributed by atoms with Crippen molar-refractivity contribution in [3.63, 3.8) is 0 Å². The molecule has 1 heteroatoms. The Kier molecular flexibility index (Phi) is 3.93. The van der Waals surface area contributed by atoms with Crippen molar-refractivity contribution in [1.82, 2.24) is 5.32 Å². The predicted octanol–water partition coefficient (Wildman–Crippen LogP) is 4.26. The summed E-state index contributed by atoms with van der Waals surface area (Å²) in [6, 6.07) is 7.82. The Balaban J connectivity index is 1.78. The maximum Gasteiger partial charge on any atom is 0.0346 e. The number of aryl methyl sites for hydroxylation is 2. The number of benzene rings is 1. The topological polar surface area (TPSA) is 12.0 Å². The lowest BCUT2D eigenvalue weighted by molar-refractivity contribution is 0.238. The van der Waals surface area contributed by atoms with Gasteiger partial charge < -0.3 is 5.32 Å². The third kappa shape index (κ3) is 2.72. The molecule has 0 radical (unpaired) electrons. The molecule has 1 saturated carbocycles. The van der Waals surface area contributed by atoms with E-state index in [0.717, 1.165) is 11.8 Å². The molecule has 0 heterocycles. The van der Waals surface area contributed by atoms with Gasteiger partial charge in [0.2, 0.25) is 0 Å². The smallest absolute Gasteiger partial charge is 0.0346 e. The summed E-state index contributed by atoms with van der Waals surface area (Å²) in [4.78, 5) is 0. The molecule has 0 bridgehead atoms. The van der Waals surface area contributed by atoms with E-state index in [0.29, 0.717) is 6.04 Å². The molecule has 0 saturated heterocycles. The van der Waals surface area contributed by atoms with Gasteiger partial charge >= 0.3 is 0 Å². The molecule has 3 rings (SSSR count). The van der Waals surface area contributed by atoms with Gasteiger partial charge in [-0.05, 0) is 67.7 Å². The van der Waals surface area contributed by atoms with Crippen molar-refractivity contribution in [2.45, 2.75) is 57.9 Å². The Morgan fingerprint density at radius 2 is 1.79 bits per heavy atom. The van der Waals surface area contributed by atoms with Gasteiger partial charge in [-0.15, -0.1) is 0 Å². The lowest BCUT2D eigenvalue weighted by Gasteiger charge is -2.33. The molecule has 2 aliphatic carbocycles. The highest BCUT2D eigenvalue weighted by molar-refractivity contribution is 5.36. The minimum Gasteiger partial charge on any atom is -0.313 e. The third-order valence-corrected chi connectivity index (χ3v) is 5.32. The fourth-order valence-corrected chi connectivity index (χ4v) is 4.08. The van der Waals surface area contributed by atoms with Gasteiger partial charge in [0.25, 0.3) is 0 Å². The fraction of sp³-hybridized carbons (Fsp3) is 0.667. The quantitative estimate of drug-likeness (QED) is 0.853. The molecule has 1 N–H and O–H groups in total. The summed E-state index contributed by atoms with van der Waals surface area (Å²) >= 11 is 0. The minimum atomic E-state index is 0.568. The molecule has 104 valence electrons. The number of nitrogens with one attached hydrogen (secondary N) is 1. The van der Waals surface area contributed by atoms with Crippen molar-refractivity contribution in [2.24, 2.45) is 11.8 Å². The lowest BCUT2D eigenvalue weighted by Crippen LogP contribution is -2.28. The van der Waals surface area contributed by atoms with Crippen molar-refractivity contribution < 1.29 is 0 Å². The Labute approximate surface area is 117 Å². The van der Waals surface area contributed by atoms with Gasteiger partial charge in [-0.1, -0.05) is 38.0 Å². The van der Waals surface area contributed by atoms with Crippen LogP contribution in [0.25, 0.3) is 0 Å². The number of fused-ring (bicyclic) bond motifs is 1. The molecule has 0 amide bonds. The second-order valence-corrected chi connectivity index (χ2v) is 6.67. The zero-order chi connectivity index (χ0) is 13.2. The maximum atomic E-state index is 3.59. The highest BCUT2D eigenvalue weighted by Crippen LogP contribution is 2.37. The van der Waals surface area contributed by atoms with Crippen LogP contribution in [0.4, 0.5) is 0 Å². The predicted molar refractivity (Wildman–Crippen MR) is 81.4 cm³/mol. The highest BCUT2D eigenvalue weighted by Gasteiger charge is 2.26. The molecule has 0 aliphatic heterocycles. The monoisotopic (exact) mass is 257 g/mol. The van der Waals surface area contributed by atoms with Crippen LogP contribution in [-0.2, 0) is 12.8 Å².